The number of carboxylic acid groups (broad SMARTS) is 1. The second-order valence-corrected chi connectivity index (χ2v) is 5.22. The molecule has 0 aliphatic carbocycles. The maximum absolute atomic E-state index is 13.0. The summed E-state index contributed by atoms with van der Waals surface area (Å²) in [6, 6.07) is 6.36. The first-order valence-electron chi connectivity index (χ1n) is 6.69. The van der Waals surface area contributed by atoms with E-state index in [0.29, 0.717) is 5.92 Å². The van der Waals surface area contributed by atoms with Crippen LogP contribution in [0.1, 0.15) is 38.2 Å². The molecule has 3 nitrogen and oxygen atoms in total. The van der Waals surface area contributed by atoms with Crippen molar-refractivity contribution in [2.75, 3.05) is 0 Å². The van der Waals surface area contributed by atoms with Crippen LogP contribution in [0.2, 0.25) is 0 Å². The summed E-state index contributed by atoms with van der Waals surface area (Å²) in [4.78, 5) is 10.5. The Morgan fingerprint density at radius 1 is 1.47 bits per heavy atom. The van der Waals surface area contributed by atoms with Gasteiger partial charge in [-0.3, -0.25) is 4.79 Å². The number of halogens is 1. The minimum absolute atomic E-state index is 0.0221. The molecule has 2 atom stereocenters. The highest BCUT2D eigenvalue weighted by Gasteiger charge is 2.12. The number of aryl methyl sites for hydroxylation is 1. The summed E-state index contributed by atoms with van der Waals surface area (Å²) in [5, 5.41) is 8.63. The number of hydrogen-bond acceptors (Lipinski definition) is 2. The smallest absolute Gasteiger partial charge is 0.304 e. The van der Waals surface area contributed by atoms with Gasteiger partial charge in [-0.15, -0.1) is 0 Å². The summed E-state index contributed by atoms with van der Waals surface area (Å²) < 4.78 is 13.0. The van der Waals surface area contributed by atoms with Crippen molar-refractivity contribution in [2.45, 2.75) is 45.1 Å². The molecule has 19 heavy (non-hydrogen) atoms. The molecule has 1 aromatic carbocycles. The molecule has 1 rings (SSSR count). The number of hydrogen-bond donors (Lipinski definition) is 2. The van der Waals surface area contributed by atoms with Crippen LogP contribution in [-0.2, 0) is 11.2 Å². The minimum Gasteiger partial charge on any atom is -0.481 e. The summed E-state index contributed by atoms with van der Waals surface area (Å²) in [6.07, 6.45) is 3.52. The Kier molecular flexibility index (Phi) is 6.50. The summed E-state index contributed by atoms with van der Waals surface area (Å²) in [6.45, 7) is 2.08. The lowest BCUT2D eigenvalue weighted by Crippen LogP contribution is -2.26. The highest BCUT2D eigenvalue weighted by Crippen LogP contribution is 2.16. The van der Waals surface area contributed by atoms with Crippen LogP contribution < -0.4 is 5.73 Å². The van der Waals surface area contributed by atoms with Gasteiger partial charge in [0, 0.05) is 6.04 Å². The van der Waals surface area contributed by atoms with Crippen molar-refractivity contribution >= 4 is 5.97 Å². The molecule has 106 valence electrons. The maximum Gasteiger partial charge on any atom is 0.304 e. The first kappa shape index (κ1) is 15.6. The molecular formula is C15H22FNO2. The van der Waals surface area contributed by atoms with E-state index in [2.05, 4.69) is 6.92 Å². The van der Waals surface area contributed by atoms with Gasteiger partial charge in [-0.25, -0.2) is 4.39 Å². The second kappa shape index (κ2) is 7.89. The molecular weight excluding hydrogens is 245 g/mol. The van der Waals surface area contributed by atoms with E-state index in [1.165, 1.54) is 6.07 Å². The third kappa shape index (κ3) is 6.91. The van der Waals surface area contributed by atoms with Crippen LogP contribution in [0.3, 0.4) is 0 Å². The van der Waals surface area contributed by atoms with Gasteiger partial charge in [0.05, 0.1) is 6.42 Å². The van der Waals surface area contributed by atoms with E-state index >= 15 is 0 Å². The molecule has 0 aliphatic heterocycles. The fourth-order valence-corrected chi connectivity index (χ4v) is 2.29. The van der Waals surface area contributed by atoms with Gasteiger partial charge in [0.15, 0.2) is 0 Å². The van der Waals surface area contributed by atoms with Gasteiger partial charge < -0.3 is 10.8 Å². The number of rotatable bonds is 8. The second-order valence-electron chi connectivity index (χ2n) is 5.22. The quantitative estimate of drug-likeness (QED) is 0.761. The van der Waals surface area contributed by atoms with Crippen LogP contribution in [0.5, 0.6) is 0 Å². The Bertz CT molecular complexity index is 409. The molecule has 0 aromatic heterocycles. The molecule has 1 aromatic rings. The third-order valence-electron chi connectivity index (χ3n) is 3.19. The van der Waals surface area contributed by atoms with E-state index in [4.69, 9.17) is 10.8 Å². The van der Waals surface area contributed by atoms with E-state index in [0.717, 1.165) is 31.2 Å². The molecule has 0 unspecified atom stereocenters. The Hall–Kier alpha value is -1.42. The van der Waals surface area contributed by atoms with E-state index < -0.39 is 5.97 Å². The van der Waals surface area contributed by atoms with Gasteiger partial charge in [0.25, 0.3) is 0 Å². The number of aliphatic carboxylic acids is 1. The Balaban J connectivity index is 2.23. The summed E-state index contributed by atoms with van der Waals surface area (Å²) in [7, 11) is 0. The molecule has 3 N–H and O–H groups in total. The fourth-order valence-electron chi connectivity index (χ4n) is 2.29. The van der Waals surface area contributed by atoms with Crippen molar-refractivity contribution < 1.29 is 14.3 Å². The maximum atomic E-state index is 13.0. The van der Waals surface area contributed by atoms with E-state index in [9.17, 15) is 9.18 Å². The van der Waals surface area contributed by atoms with Gasteiger partial charge in [-0.05, 0) is 42.9 Å². The zero-order valence-corrected chi connectivity index (χ0v) is 11.3. The van der Waals surface area contributed by atoms with Crippen molar-refractivity contribution in [2.24, 2.45) is 11.7 Å². The molecule has 0 aliphatic rings. The zero-order chi connectivity index (χ0) is 14.3. The zero-order valence-electron chi connectivity index (χ0n) is 11.3. The van der Waals surface area contributed by atoms with E-state index in [-0.39, 0.29) is 18.3 Å². The average molecular weight is 267 g/mol. The van der Waals surface area contributed by atoms with Crippen molar-refractivity contribution in [3.05, 3.63) is 35.6 Å². The van der Waals surface area contributed by atoms with Crippen LogP contribution in [0.4, 0.5) is 4.39 Å². The average Bonchev–Trinajstić information content (AvgIpc) is 2.27. The highest BCUT2D eigenvalue weighted by molar-refractivity contribution is 5.67. The van der Waals surface area contributed by atoms with Gasteiger partial charge in [0.2, 0.25) is 0 Å². The Labute approximate surface area is 113 Å². The molecule has 0 bridgehead atoms. The predicted molar refractivity (Wildman–Crippen MR) is 73.3 cm³/mol. The Morgan fingerprint density at radius 2 is 2.21 bits per heavy atom. The molecule has 0 fully saturated rings. The lowest BCUT2D eigenvalue weighted by Gasteiger charge is -2.15. The largest absolute Gasteiger partial charge is 0.481 e. The van der Waals surface area contributed by atoms with Gasteiger partial charge in [-0.2, -0.15) is 0 Å². The van der Waals surface area contributed by atoms with Crippen LogP contribution in [-0.4, -0.2) is 17.1 Å². The normalized spacial score (nSPS) is 14.1. The van der Waals surface area contributed by atoms with E-state index in [1.54, 1.807) is 12.1 Å². The van der Waals surface area contributed by atoms with E-state index in [1.807, 2.05) is 6.07 Å². The highest BCUT2D eigenvalue weighted by atomic mass is 19.1. The van der Waals surface area contributed by atoms with Crippen LogP contribution in [0.25, 0.3) is 0 Å². The molecule has 0 saturated heterocycles. The molecule has 0 amide bonds. The van der Waals surface area contributed by atoms with Crippen LogP contribution >= 0.6 is 0 Å². The van der Waals surface area contributed by atoms with Crippen LogP contribution in [0, 0.1) is 11.7 Å². The SMILES string of the molecule is C[C@H](CCCc1cccc(F)c1)C[C@H](N)CC(=O)O. The van der Waals surface area contributed by atoms with Crippen molar-refractivity contribution in [1.29, 1.82) is 0 Å². The molecule has 4 heteroatoms. The lowest BCUT2D eigenvalue weighted by molar-refractivity contribution is -0.137. The number of carbonyl (C=O) groups is 1. The first-order chi connectivity index (χ1) is 8.97. The number of nitrogens with two attached hydrogens (primary N) is 1. The van der Waals surface area contributed by atoms with Gasteiger partial charge in [-0.1, -0.05) is 25.5 Å². The summed E-state index contributed by atoms with van der Waals surface area (Å²) in [5.74, 6) is -0.656. The fraction of sp³-hybridized carbons (Fsp3) is 0.533. The molecule has 0 radical (unpaired) electrons. The van der Waals surface area contributed by atoms with Crippen molar-refractivity contribution in [1.82, 2.24) is 0 Å². The number of benzene rings is 1. The monoisotopic (exact) mass is 267 g/mol. The molecule has 0 heterocycles. The van der Waals surface area contributed by atoms with Crippen molar-refractivity contribution in [3.63, 3.8) is 0 Å². The van der Waals surface area contributed by atoms with Crippen LogP contribution in [0.15, 0.2) is 24.3 Å². The summed E-state index contributed by atoms with van der Waals surface area (Å²) >= 11 is 0. The summed E-state index contributed by atoms with van der Waals surface area (Å²) in [5.41, 5.74) is 6.75. The topological polar surface area (TPSA) is 63.3 Å². The Morgan fingerprint density at radius 3 is 2.84 bits per heavy atom. The predicted octanol–water partition coefficient (Wildman–Crippen LogP) is 2.98. The van der Waals surface area contributed by atoms with Gasteiger partial charge in [0.1, 0.15) is 5.82 Å². The van der Waals surface area contributed by atoms with Crippen molar-refractivity contribution in [3.8, 4) is 0 Å². The molecule has 0 spiro atoms. The third-order valence-corrected chi connectivity index (χ3v) is 3.19. The lowest BCUT2D eigenvalue weighted by atomic mass is 9.94. The number of carboxylic acids is 1. The molecule has 0 saturated carbocycles. The standard InChI is InChI=1S/C15H22FNO2/c1-11(8-14(17)10-15(18)19)4-2-5-12-6-3-7-13(16)9-12/h3,6-7,9,11,14H,2,4-5,8,10,17H2,1H3,(H,18,19)/t11-,14+/m1/s1. The minimum atomic E-state index is -0.848. The first-order valence-corrected chi connectivity index (χ1v) is 6.69. The van der Waals surface area contributed by atoms with Gasteiger partial charge >= 0.3 is 5.97 Å².